The SMILES string of the molecule is CCS(=O)(=O)N(CCCc1cccc(Cl)c1)CCCc1ccc(C(=O)O)s1. The second kappa shape index (κ2) is 10.2. The zero-order valence-corrected chi connectivity index (χ0v) is 17.6. The highest BCUT2D eigenvalue weighted by molar-refractivity contribution is 7.89. The van der Waals surface area contributed by atoms with Crippen molar-refractivity contribution in [3.05, 3.63) is 56.7 Å². The summed E-state index contributed by atoms with van der Waals surface area (Å²) in [5.74, 6) is -0.853. The number of nitrogens with zero attached hydrogens (tertiary/aromatic N) is 1. The molecule has 148 valence electrons. The van der Waals surface area contributed by atoms with Gasteiger partial charge in [-0.1, -0.05) is 23.7 Å². The maximum atomic E-state index is 12.4. The van der Waals surface area contributed by atoms with Crippen LogP contribution in [0.2, 0.25) is 5.02 Å². The third-order valence-electron chi connectivity index (χ3n) is 4.22. The Labute approximate surface area is 169 Å². The Hall–Kier alpha value is -1.41. The Balaban J connectivity index is 1.88. The van der Waals surface area contributed by atoms with Crippen molar-refractivity contribution >= 4 is 38.9 Å². The van der Waals surface area contributed by atoms with E-state index in [2.05, 4.69) is 0 Å². The molecule has 0 radical (unpaired) electrons. The number of benzene rings is 1. The highest BCUT2D eigenvalue weighted by Gasteiger charge is 2.19. The van der Waals surface area contributed by atoms with Crippen molar-refractivity contribution in [1.82, 2.24) is 4.31 Å². The molecule has 0 unspecified atom stereocenters. The molecule has 8 heteroatoms. The summed E-state index contributed by atoms with van der Waals surface area (Å²) in [7, 11) is -3.27. The molecule has 1 heterocycles. The zero-order valence-electron chi connectivity index (χ0n) is 15.2. The van der Waals surface area contributed by atoms with Crippen LogP contribution >= 0.6 is 22.9 Å². The van der Waals surface area contributed by atoms with Crippen LogP contribution in [-0.4, -0.2) is 42.6 Å². The van der Waals surface area contributed by atoms with Gasteiger partial charge in [-0.25, -0.2) is 17.5 Å². The van der Waals surface area contributed by atoms with Gasteiger partial charge in [-0.05, 0) is 62.4 Å². The molecule has 2 rings (SSSR count). The quantitative estimate of drug-likeness (QED) is 0.577. The van der Waals surface area contributed by atoms with Crippen LogP contribution in [-0.2, 0) is 22.9 Å². The lowest BCUT2D eigenvalue weighted by Crippen LogP contribution is -2.34. The Morgan fingerprint density at radius 1 is 1.15 bits per heavy atom. The number of carboxylic acid groups (broad SMARTS) is 1. The molecule has 0 bridgehead atoms. The minimum absolute atomic E-state index is 0.0757. The first-order chi connectivity index (χ1) is 12.8. The molecule has 0 aliphatic heterocycles. The Kier molecular flexibility index (Phi) is 8.28. The van der Waals surface area contributed by atoms with E-state index in [-0.39, 0.29) is 5.75 Å². The molecular formula is C19H24ClNO4S2. The van der Waals surface area contributed by atoms with Gasteiger partial charge in [-0.15, -0.1) is 11.3 Å². The molecule has 0 saturated carbocycles. The third kappa shape index (κ3) is 6.92. The summed E-state index contributed by atoms with van der Waals surface area (Å²) in [4.78, 5) is 12.2. The van der Waals surface area contributed by atoms with Crippen LogP contribution in [0.1, 0.15) is 39.9 Å². The molecule has 0 spiro atoms. The second-order valence-corrected chi connectivity index (χ2v) is 10.1. The number of hydrogen-bond donors (Lipinski definition) is 1. The van der Waals surface area contributed by atoms with Gasteiger partial charge in [0.1, 0.15) is 4.88 Å². The van der Waals surface area contributed by atoms with Crippen LogP contribution in [0.4, 0.5) is 0 Å². The number of sulfonamides is 1. The van der Waals surface area contributed by atoms with Crippen molar-refractivity contribution in [2.24, 2.45) is 0 Å². The molecule has 0 aliphatic rings. The van der Waals surface area contributed by atoms with Gasteiger partial charge in [0.25, 0.3) is 0 Å². The third-order valence-corrected chi connectivity index (χ3v) is 7.47. The fraction of sp³-hybridized carbons (Fsp3) is 0.421. The molecule has 1 aromatic heterocycles. The average molecular weight is 430 g/mol. The van der Waals surface area contributed by atoms with E-state index in [1.165, 1.54) is 11.3 Å². The van der Waals surface area contributed by atoms with Crippen molar-refractivity contribution in [2.45, 2.75) is 32.6 Å². The lowest BCUT2D eigenvalue weighted by molar-refractivity contribution is 0.0702. The smallest absolute Gasteiger partial charge is 0.345 e. The largest absolute Gasteiger partial charge is 0.477 e. The second-order valence-electron chi connectivity index (χ2n) is 6.21. The molecule has 1 N–H and O–H groups in total. The fourth-order valence-corrected chi connectivity index (χ4v) is 5.06. The summed E-state index contributed by atoms with van der Waals surface area (Å²) < 4.78 is 26.3. The summed E-state index contributed by atoms with van der Waals surface area (Å²) in [5.41, 5.74) is 1.09. The van der Waals surface area contributed by atoms with Gasteiger partial charge in [0.05, 0.1) is 5.75 Å². The summed E-state index contributed by atoms with van der Waals surface area (Å²) in [6, 6.07) is 11.0. The maximum Gasteiger partial charge on any atom is 0.345 e. The number of aryl methyl sites for hydroxylation is 2. The molecule has 1 aromatic carbocycles. The van der Waals surface area contributed by atoms with Crippen LogP contribution in [0.3, 0.4) is 0 Å². The normalized spacial score (nSPS) is 11.8. The molecule has 0 amide bonds. The van der Waals surface area contributed by atoms with Gasteiger partial charge in [0.2, 0.25) is 10.0 Å². The first-order valence-corrected chi connectivity index (χ1v) is 11.7. The van der Waals surface area contributed by atoms with Crippen LogP contribution in [0, 0.1) is 0 Å². The lowest BCUT2D eigenvalue weighted by Gasteiger charge is -2.21. The topological polar surface area (TPSA) is 74.7 Å². The van der Waals surface area contributed by atoms with Gasteiger partial charge < -0.3 is 5.11 Å². The minimum atomic E-state index is -3.27. The van der Waals surface area contributed by atoms with Crippen molar-refractivity contribution in [2.75, 3.05) is 18.8 Å². The number of carboxylic acids is 1. The standard InChI is InChI=1S/C19H24ClNO4S2/c1-2-27(24,25)21(12-4-7-15-6-3-8-16(20)14-15)13-5-9-17-10-11-18(26-17)19(22)23/h3,6,8,10-11,14H,2,4-5,7,9,12-13H2,1H3,(H,22,23). The Bertz CT molecular complexity index is 864. The number of thiophene rings is 1. The van der Waals surface area contributed by atoms with Crippen molar-refractivity contribution in [3.8, 4) is 0 Å². The average Bonchev–Trinajstić information content (AvgIpc) is 3.09. The first-order valence-electron chi connectivity index (χ1n) is 8.86. The summed E-state index contributed by atoms with van der Waals surface area (Å²) in [5, 5.41) is 9.66. The summed E-state index contributed by atoms with van der Waals surface area (Å²) in [6.45, 7) is 2.55. The van der Waals surface area contributed by atoms with E-state index in [9.17, 15) is 13.2 Å². The fourth-order valence-electron chi connectivity index (χ4n) is 2.78. The van der Waals surface area contributed by atoms with Gasteiger partial charge in [0, 0.05) is 23.0 Å². The Morgan fingerprint density at radius 3 is 2.44 bits per heavy atom. The van der Waals surface area contributed by atoms with Gasteiger partial charge in [-0.2, -0.15) is 0 Å². The van der Waals surface area contributed by atoms with Crippen LogP contribution in [0.5, 0.6) is 0 Å². The van der Waals surface area contributed by atoms with E-state index in [1.54, 1.807) is 23.4 Å². The van der Waals surface area contributed by atoms with Crippen LogP contribution in [0.15, 0.2) is 36.4 Å². The monoisotopic (exact) mass is 429 g/mol. The van der Waals surface area contributed by atoms with Crippen LogP contribution < -0.4 is 0 Å². The highest BCUT2D eigenvalue weighted by Crippen LogP contribution is 2.19. The van der Waals surface area contributed by atoms with E-state index in [0.717, 1.165) is 23.3 Å². The molecule has 27 heavy (non-hydrogen) atoms. The number of halogens is 1. The number of hydrogen-bond acceptors (Lipinski definition) is 4. The predicted octanol–water partition coefficient (Wildman–Crippen LogP) is 4.32. The molecular weight excluding hydrogens is 406 g/mol. The van der Waals surface area contributed by atoms with Crippen molar-refractivity contribution < 1.29 is 18.3 Å². The number of aromatic carboxylic acids is 1. The summed E-state index contributed by atoms with van der Waals surface area (Å²) >= 11 is 7.23. The summed E-state index contributed by atoms with van der Waals surface area (Å²) in [6.07, 6.45) is 2.82. The van der Waals surface area contributed by atoms with Crippen LogP contribution in [0.25, 0.3) is 0 Å². The van der Waals surface area contributed by atoms with Crippen molar-refractivity contribution in [1.29, 1.82) is 0 Å². The van der Waals surface area contributed by atoms with E-state index >= 15 is 0 Å². The predicted molar refractivity (Wildman–Crippen MR) is 110 cm³/mol. The van der Waals surface area contributed by atoms with Crippen molar-refractivity contribution in [3.63, 3.8) is 0 Å². The molecule has 0 aliphatic carbocycles. The number of carbonyl (C=O) groups is 1. The molecule has 0 saturated heterocycles. The van der Waals surface area contributed by atoms with E-state index < -0.39 is 16.0 Å². The molecule has 2 aromatic rings. The zero-order chi connectivity index (χ0) is 19.9. The van der Waals surface area contributed by atoms with E-state index in [4.69, 9.17) is 16.7 Å². The highest BCUT2D eigenvalue weighted by atomic mass is 35.5. The van der Waals surface area contributed by atoms with E-state index in [1.807, 2.05) is 24.3 Å². The first kappa shape index (κ1) is 21.9. The van der Waals surface area contributed by atoms with Gasteiger partial charge in [0.15, 0.2) is 0 Å². The Morgan fingerprint density at radius 2 is 1.85 bits per heavy atom. The van der Waals surface area contributed by atoms with E-state index in [0.29, 0.717) is 35.8 Å². The number of rotatable bonds is 11. The minimum Gasteiger partial charge on any atom is -0.477 e. The van der Waals surface area contributed by atoms with Gasteiger partial charge in [-0.3, -0.25) is 0 Å². The molecule has 0 fully saturated rings. The van der Waals surface area contributed by atoms with Gasteiger partial charge >= 0.3 is 5.97 Å². The molecule has 0 atom stereocenters. The maximum absolute atomic E-state index is 12.4. The lowest BCUT2D eigenvalue weighted by atomic mass is 10.1. The molecule has 5 nitrogen and oxygen atoms in total.